The summed E-state index contributed by atoms with van der Waals surface area (Å²) in [5.74, 6) is -1.62. The van der Waals surface area contributed by atoms with E-state index in [0.29, 0.717) is 0 Å². The summed E-state index contributed by atoms with van der Waals surface area (Å²) in [6, 6.07) is 0.605. The van der Waals surface area contributed by atoms with Crippen LogP contribution in [0.4, 0.5) is 5.82 Å². The third-order valence-corrected chi connectivity index (χ3v) is 2.05. The monoisotopic (exact) mass is 251 g/mol. The molecule has 1 rings (SSSR count). The van der Waals surface area contributed by atoms with Crippen LogP contribution in [0.2, 0.25) is 0 Å². The van der Waals surface area contributed by atoms with Crippen LogP contribution in [0.1, 0.15) is 17.0 Å². The van der Waals surface area contributed by atoms with Crippen LogP contribution in [0.3, 0.4) is 0 Å². The predicted octanol–water partition coefficient (Wildman–Crippen LogP) is 0.704. The van der Waals surface area contributed by atoms with E-state index in [1.807, 2.05) is 0 Å². The zero-order chi connectivity index (χ0) is 13.5. The number of nitrogens with zero attached hydrogens (tertiary/aromatic N) is 2. The molecule has 0 amide bonds. The number of carboxylic acids is 1. The fourth-order valence-corrected chi connectivity index (χ4v) is 1.20. The minimum atomic E-state index is -1.03. The summed E-state index contributed by atoms with van der Waals surface area (Å²) in [4.78, 5) is 29.7. The van der Waals surface area contributed by atoms with Crippen LogP contribution in [0.5, 0.6) is 0 Å². The van der Waals surface area contributed by atoms with Crippen molar-refractivity contribution in [3.05, 3.63) is 30.7 Å². The number of esters is 1. The summed E-state index contributed by atoms with van der Waals surface area (Å²) in [5, 5.41) is 11.6. The normalized spacial score (nSPS) is 11.4. The number of carbonyl (C=O) groups excluding carboxylic acids is 1. The van der Waals surface area contributed by atoms with E-state index in [2.05, 4.69) is 26.6 Å². The van der Waals surface area contributed by atoms with Crippen molar-refractivity contribution in [3.8, 4) is 0 Å². The van der Waals surface area contributed by atoms with Gasteiger partial charge in [-0.05, 0) is 12.5 Å². The minimum Gasteiger partial charge on any atom is -0.480 e. The Bertz CT molecular complexity index is 461. The summed E-state index contributed by atoms with van der Waals surface area (Å²) >= 11 is 0. The SMILES string of the molecule is C=CCC(Nc1ccnc(C(=O)OC)n1)C(=O)O. The van der Waals surface area contributed by atoms with Gasteiger partial charge in [-0.2, -0.15) is 0 Å². The van der Waals surface area contributed by atoms with Crippen molar-refractivity contribution in [1.82, 2.24) is 9.97 Å². The Balaban J connectivity index is 2.86. The molecule has 1 aromatic heterocycles. The third kappa shape index (κ3) is 3.55. The fourth-order valence-electron chi connectivity index (χ4n) is 1.20. The predicted molar refractivity (Wildman–Crippen MR) is 63.2 cm³/mol. The van der Waals surface area contributed by atoms with Crippen molar-refractivity contribution in [1.29, 1.82) is 0 Å². The van der Waals surface area contributed by atoms with E-state index in [1.54, 1.807) is 0 Å². The van der Waals surface area contributed by atoms with Crippen LogP contribution >= 0.6 is 0 Å². The zero-order valence-corrected chi connectivity index (χ0v) is 9.79. The summed E-state index contributed by atoms with van der Waals surface area (Å²) in [7, 11) is 1.21. The fraction of sp³-hybridized carbons (Fsp3) is 0.273. The maximum Gasteiger partial charge on any atom is 0.376 e. The number of carboxylic acid groups (broad SMARTS) is 1. The molecule has 1 unspecified atom stereocenters. The van der Waals surface area contributed by atoms with Gasteiger partial charge in [0.2, 0.25) is 5.82 Å². The lowest BCUT2D eigenvalue weighted by molar-refractivity contribution is -0.137. The van der Waals surface area contributed by atoms with Gasteiger partial charge in [-0.1, -0.05) is 6.08 Å². The van der Waals surface area contributed by atoms with Crippen molar-refractivity contribution >= 4 is 17.8 Å². The number of methoxy groups -OCH3 is 1. The average molecular weight is 251 g/mol. The number of hydrogen-bond donors (Lipinski definition) is 2. The topological polar surface area (TPSA) is 101 Å². The molecule has 0 bridgehead atoms. The Hall–Kier alpha value is -2.44. The zero-order valence-electron chi connectivity index (χ0n) is 9.79. The summed E-state index contributed by atoms with van der Waals surface area (Å²) < 4.78 is 4.47. The highest BCUT2D eigenvalue weighted by Gasteiger charge is 2.17. The lowest BCUT2D eigenvalue weighted by Gasteiger charge is -2.13. The number of anilines is 1. The summed E-state index contributed by atoms with van der Waals surface area (Å²) in [5.41, 5.74) is 0. The Morgan fingerprint density at radius 1 is 1.67 bits per heavy atom. The van der Waals surface area contributed by atoms with Crippen LogP contribution in [-0.2, 0) is 9.53 Å². The molecule has 1 aromatic rings. The van der Waals surface area contributed by atoms with Crippen molar-refractivity contribution in [3.63, 3.8) is 0 Å². The molecule has 0 fully saturated rings. The van der Waals surface area contributed by atoms with Gasteiger partial charge in [0.15, 0.2) is 0 Å². The molecule has 18 heavy (non-hydrogen) atoms. The van der Waals surface area contributed by atoms with Crippen LogP contribution in [-0.4, -0.2) is 40.2 Å². The van der Waals surface area contributed by atoms with Crippen molar-refractivity contribution in [2.45, 2.75) is 12.5 Å². The van der Waals surface area contributed by atoms with E-state index in [9.17, 15) is 9.59 Å². The van der Waals surface area contributed by atoms with Gasteiger partial charge in [-0.15, -0.1) is 6.58 Å². The van der Waals surface area contributed by atoms with E-state index >= 15 is 0 Å². The van der Waals surface area contributed by atoms with Crippen LogP contribution in [0.25, 0.3) is 0 Å². The molecule has 0 aliphatic heterocycles. The average Bonchev–Trinajstić information content (AvgIpc) is 2.37. The quantitative estimate of drug-likeness (QED) is 0.567. The second kappa shape index (κ2) is 6.33. The summed E-state index contributed by atoms with van der Waals surface area (Å²) in [6.07, 6.45) is 3.05. The van der Waals surface area contributed by atoms with Crippen LogP contribution in [0, 0.1) is 0 Å². The summed E-state index contributed by atoms with van der Waals surface area (Å²) in [6.45, 7) is 3.47. The lowest BCUT2D eigenvalue weighted by atomic mass is 10.2. The number of ether oxygens (including phenoxy) is 1. The molecule has 7 heteroatoms. The Morgan fingerprint density at radius 3 is 2.94 bits per heavy atom. The minimum absolute atomic E-state index is 0.134. The van der Waals surface area contributed by atoms with Gasteiger partial charge in [0.25, 0.3) is 0 Å². The third-order valence-electron chi connectivity index (χ3n) is 2.05. The molecule has 0 radical (unpaired) electrons. The molecule has 0 aliphatic carbocycles. The molecule has 96 valence electrons. The Kier molecular flexibility index (Phi) is 4.79. The van der Waals surface area contributed by atoms with E-state index in [-0.39, 0.29) is 18.1 Å². The molecule has 0 aromatic carbocycles. The number of aromatic nitrogens is 2. The number of rotatable bonds is 6. The Labute approximate surface area is 104 Å². The van der Waals surface area contributed by atoms with Gasteiger partial charge in [0.1, 0.15) is 11.9 Å². The van der Waals surface area contributed by atoms with E-state index < -0.39 is 18.0 Å². The molecule has 0 spiro atoms. The van der Waals surface area contributed by atoms with Gasteiger partial charge < -0.3 is 15.2 Å². The maximum absolute atomic E-state index is 11.2. The highest BCUT2D eigenvalue weighted by molar-refractivity contribution is 5.85. The van der Waals surface area contributed by atoms with Crippen molar-refractivity contribution in [2.24, 2.45) is 0 Å². The second-order valence-electron chi connectivity index (χ2n) is 3.32. The molecular formula is C11H13N3O4. The molecule has 2 N–H and O–H groups in total. The van der Waals surface area contributed by atoms with Crippen LogP contribution in [0.15, 0.2) is 24.9 Å². The van der Waals surface area contributed by atoms with Crippen LogP contribution < -0.4 is 5.32 Å². The van der Waals surface area contributed by atoms with E-state index in [1.165, 1.54) is 25.4 Å². The number of aliphatic carboxylic acids is 1. The van der Waals surface area contributed by atoms with Crippen molar-refractivity contribution in [2.75, 3.05) is 12.4 Å². The maximum atomic E-state index is 11.2. The number of nitrogens with one attached hydrogen (secondary N) is 1. The largest absolute Gasteiger partial charge is 0.480 e. The van der Waals surface area contributed by atoms with Gasteiger partial charge in [-0.25, -0.2) is 19.6 Å². The molecule has 7 nitrogen and oxygen atoms in total. The van der Waals surface area contributed by atoms with Gasteiger partial charge in [0.05, 0.1) is 7.11 Å². The first-order valence-corrected chi connectivity index (χ1v) is 5.10. The highest BCUT2D eigenvalue weighted by atomic mass is 16.5. The molecule has 0 saturated carbocycles. The molecule has 1 heterocycles. The lowest BCUT2D eigenvalue weighted by Crippen LogP contribution is -2.29. The number of hydrogen-bond acceptors (Lipinski definition) is 6. The first-order valence-electron chi connectivity index (χ1n) is 5.10. The molecule has 0 aliphatic rings. The van der Waals surface area contributed by atoms with Crippen molar-refractivity contribution < 1.29 is 19.4 Å². The van der Waals surface area contributed by atoms with E-state index in [0.717, 1.165) is 0 Å². The molecule has 1 atom stereocenters. The van der Waals surface area contributed by atoms with Gasteiger partial charge in [-0.3, -0.25) is 0 Å². The number of carbonyl (C=O) groups is 2. The second-order valence-corrected chi connectivity index (χ2v) is 3.32. The van der Waals surface area contributed by atoms with Gasteiger partial charge in [0, 0.05) is 6.20 Å². The molecular weight excluding hydrogens is 238 g/mol. The van der Waals surface area contributed by atoms with E-state index in [4.69, 9.17) is 5.11 Å². The van der Waals surface area contributed by atoms with Gasteiger partial charge >= 0.3 is 11.9 Å². The highest BCUT2D eigenvalue weighted by Crippen LogP contribution is 2.07. The Morgan fingerprint density at radius 2 is 2.39 bits per heavy atom. The standard InChI is InChI=1S/C11H13N3O4/c1-3-4-7(10(15)16)13-8-5-6-12-9(14-8)11(17)18-2/h3,5-7H,1,4H2,2H3,(H,15,16)(H,12,13,14). The molecule has 0 saturated heterocycles. The smallest absolute Gasteiger partial charge is 0.376 e. The first-order chi connectivity index (χ1) is 8.58. The first kappa shape index (κ1) is 13.6.